The van der Waals surface area contributed by atoms with Crippen LogP contribution < -0.4 is 5.32 Å². The summed E-state index contributed by atoms with van der Waals surface area (Å²) >= 11 is 5.79. The molecule has 3 aromatic rings. The molecule has 5 nitrogen and oxygen atoms in total. The van der Waals surface area contributed by atoms with Crippen LogP contribution in [0.2, 0.25) is 5.02 Å². The lowest BCUT2D eigenvalue weighted by molar-refractivity contribution is 0.102. The van der Waals surface area contributed by atoms with E-state index in [-0.39, 0.29) is 11.9 Å². The Morgan fingerprint density at radius 1 is 1.09 bits per heavy atom. The van der Waals surface area contributed by atoms with E-state index < -0.39 is 0 Å². The van der Waals surface area contributed by atoms with Crippen molar-refractivity contribution in [1.82, 2.24) is 10.2 Å². The van der Waals surface area contributed by atoms with Crippen molar-refractivity contribution in [2.75, 3.05) is 5.32 Å². The lowest BCUT2D eigenvalue weighted by Crippen LogP contribution is -2.11. The van der Waals surface area contributed by atoms with Gasteiger partial charge < -0.3 is 4.42 Å². The predicted octanol–water partition coefficient (Wildman–Crippen LogP) is 3.95. The lowest BCUT2D eigenvalue weighted by Gasteiger charge is -2.01. The average molecular weight is 314 g/mol. The minimum atomic E-state index is -0.336. The van der Waals surface area contributed by atoms with Crippen LogP contribution in [0.15, 0.2) is 52.9 Å². The number of carbonyl (C=O) groups excluding carboxylic acids is 1. The molecule has 2 aromatic carbocycles. The summed E-state index contributed by atoms with van der Waals surface area (Å²) in [5.41, 5.74) is 2.31. The third-order valence-electron chi connectivity index (χ3n) is 3.13. The number of nitrogens with zero attached hydrogens (tertiary/aromatic N) is 2. The Bertz CT molecular complexity index is 812. The van der Waals surface area contributed by atoms with Crippen LogP contribution in [0.5, 0.6) is 0 Å². The molecule has 3 rings (SSSR count). The van der Waals surface area contributed by atoms with Crippen LogP contribution in [0.1, 0.15) is 15.9 Å². The maximum atomic E-state index is 12.1. The van der Waals surface area contributed by atoms with Gasteiger partial charge in [0, 0.05) is 16.1 Å². The number of benzene rings is 2. The zero-order valence-corrected chi connectivity index (χ0v) is 12.5. The van der Waals surface area contributed by atoms with E-state index in [1.807, 2.05) is 31.2 Å². The van der Waals surface area contributed by atoms with Gasteiger partial charge in [0.1, 0.15) is 0 Å². The van der Waals surface area contributed by atoms with Gasteiger partial charge in [-0.3, -0.25) is 10.1 Å². The molecule has 0 aliphatic rings. The first-order valence-corrected chi connectivity index (χ1v) is 6.98. The first-order chi connectivity index (χ1) is 10.6. The topological polar surface area (TPSA) is 68.0 Å². The Morgan fingerprint density at radius 2 is 1.82 bits per heavy atom. The van der Waals surface area contributed by atoms with Crippen molar-refractivity contribution in [2.45, 2.75) is 6.92 Å². The van der Waals surface area contributed by atoms with E-state index in [2.05, 4.69) is 15.5 Å². The summed E-state index contributed by atoms with van der Waals surface area (Å²) in [7, 11) is 0. The molecule has 110 valence electrons. The van der Waals surface area contributed by atoms with Crippen molar-refractivity contribution < 1.29 is 9.21 Å². The molecule has 22 heavy (non-hydrogen) atoms. The smallest absolute Gasteiger partial charge is 0.322 e. The molecule has 1 N–H and O–H groups in total. The Hall–Kier alpha value is -2.66. The van der Waals surface area contributed by atoms with E-state index >= 15 is 0 Å². The molecule has 0 aliphatic carbocycles. The zero-order valence-electron chi connectivity index (χ0n) is 11.7. The number of nitrogens with one attached hydrogen (secondary N) is 1. The molecule has 0 spiro atoms. The highest BCUT2D eigenvalue weighted by Gasteiger charge is 2.13. The quantitative estimate of drug-likeness (QED) is 0.795. The summed E-state index contributed by atoms with van der Waals surface area (Å²) in [5, 5.41) is 10.9. The summed E-state index contributed by atoms with van der Waals surface area (Å²) in [4.78, 5) is 12.1. The maximum absolute atomic E-state index is 12.1. The summed E-state index contributed by atoms with van der Waals surface area (Å²) in [5.74, 6) is 0.0288. The normalized spacial score (nSPS) is 10.5. The molecule has 6 heteroatoms. The Morgan fingerprint density at radius 3 is 2.55 bits per heavy atom. The first-order valence-electron chi connectivity index (χ1n) is 6.60. The number of amides is 1. The molecule has 0 bridgehead atoms. The van der Waals surface area contributed by atoms with E-state index in [1.54, 1.807) is 24.3 Å². The molecule has 1 heterocycles. The van der Waals surface area contributed by atoms with Crippen LogP contribution in [0.25, 0.3) is 11.5 Å². The minimum Gasteiger partial charge on any atom is -0.403 e. The van der Waals surface area contributed by atoms with E-state index in [9.17, 15) is 4.79 Å². The maximum Gasteiger partial charge on any atom is 0.322 e. The van der Waals surface area contributed by atoms with Crippen LogP contribution >= 0.6 is 11.6 Å². The van der Waals surface area contributed by atoms with Gasteiger partial charge in [0.2, 0.25) is 5.89 Å². The molecule has 0 fully saturated rings. The van der Waals surface area contributed by atoms with Crippen molar-refractivity contribution in [3.63, 3.8) is 0 Å². The van der Waals surface area contributed by atoms with Gasteiger partial charge in [0.25, 0.3) is 5.91 Å². The van der Waals surface area contributed by atoms with Gasteiger partial charge in [-0.15, -0.1) is 5.10 Å². The van der Waals surface area contributed by atoms with Crippen molar-refractivity contribution in [3.05, 3.63) is 64.7 Å². The number of aromatic nitrogens is 2. The van der Waals surface area contributed by atoms with E-state index in [4.69, 9.17) is 16.0 Å². The SMILES string of the molecule is Cc1ccccc1-c1nnc(NC(=O)c2ccc(Cl)cc2)o1. The summed E-state index contributed by atoms with van der Waals surface area (Å²) in [6.45, 7) is 1.95. The average Bonchev–Trinajstić information content (AvgIpc) is 2.96. The third kappa shape index (κ3) is 2.99. The Labute approximate surface area is 131 Å². The molecule has 0 saturated carbocycles. The standard InChI is InChI=1S/C16H12ClN3O2/c1-10-4-2-3-5-13(10)15-19-20-16(22-15)18-14(21)11-6-8-12(17)9-7-11/h2-9H,1H3,(H,18,20,21). The second-order valence-electron chi connectivity index (χ2n) is 4.69. The van der Waals surface area contributed by atoms with E-state index in [0.29, 0.717) is 16.5 Å². The minimum absolute atomic E-state index is 0.0539. The highest BCUT2D eigenvalue weighted by Crippen LogP contribution is 2.23. The van der Waals surface area contributed by atoms with Crippen molar-refractivity contribution in [1.29, 1.82) is 0 Å². The van der Waals surface area contributed by atoms with Gasteiger partial charge in [-0.25, -0.2) is 0 Å². The van der Waals surface area contributed by atoms with Gasteiger partial charge in [-0.05, 0) is 42.8 Å². The van der Waals surface area contributed by atoms with Gasteiger partial charge in [0.15, 0.2) is 0 Å². The van der Waals surface area contributed by atoms with Crippen LogP contribution in [0.4, 0.5) is 6.01 Å². The Balaban J connectivity index is 1.78. The number of carbonyl (C=O) groups is 1. The number of anilines is 1. The largest absolute Gasteiger partial charge is 0.403 e. The molecule has 1 aromatic heterocycles. The fourth-order valence-corrected chi connectivity index (χ4v) is 2.09. The van der Waals surface area contributed by atoms with Gasteiger partial charge in [0.05, 0.1) is 0 Å². The molecule has 0 unspecified atom stereocenters. The van der Waals surface area contributed by atoms with Gasteiger partial charge in [-0.2, -0.15) is 0 Å². The number of aryl methyl sites for hydroxylation is 1. The highest BCUT2D eigenvalue weighted by molar-refractivity contribution is 6.30. The number of hydrogen-bond donors (Lipinski definition) is 1. The molecule has 0 aliphatic heterocycles. The van der Waals surface area contributed by atoms with Crippen molar-refractivity contribution in [3.8, 4) is 11.5 Å². The Kier molecular flexibility index (Phi) is 3.89. The molecule has 0 radical (unpaired) electrons. The second-order valence-corrected chi connectivity index (χ2v) is 5.12. The monoisotopic (exact) mass is 313 g/mol. The fourth-order valence-electron chi connectivity index (χ4n) is 1.97. The predicted molar refractivity (Wildman–Crippen MR) is 83.9 cm³/mol. The third-order valence-corrected chi connectivity index (χ3v) is 3.38. The lowest BCUT2D eigenvalue weighted by atomic mass is 10.1. The van der Waals surface area contributed by atoms with Gasteiger partial charge in [-0.1, -0.05) is 34.9 Å². The number of halogens is 1. The molecular weight excluding hydrogens is 302 g/mol. The van der Waals surface area contributed by atoms with Crippen molar-refractivity contribution >= 4 is 23.5 Å². The van der Waals surface area contributed by atoms with Crippen LogP contribution in [-0.2, 0) is 0 Å². The van der Waals surface area contributed by atoms with Crippen LogP contribution in [0, 0.1) is 6.92 Å². The molecular formula is C16H12ClN3O2. The van der Waals surface area contributed by atoms with E-state index in [0.717, 1.165) is 11.1 Å². The summed E-state index contributed by atoms with van der Waals surface area (Å²) in [6.07, 6.45) is 0. The highest BCUT2D eigenvalue weighted by atomic mass is 35.5. The molecule has 0 saturated heterocycles. The van der Waals surface area contributed by atoms with Gasteiger partial charge >= 0.3 is 6.01 Å². The number of hydrogen-bond acceptors (Lipinski definition) is 4. The van der Waals surface area contributed by atoms with Crippen LogP contribution in [-0.4, -0.2) is 16.1 Å². The van der Waals surface area contributed by atoms with Crippen molar-refractivity contribution in [2.24, 2.45) is 0 Å². The van der Waals surface area contributed by atoms with Crippen LogP contribution in [0.3, 0.4) is 0 Å². The molecule has 0 atom stereocenters. The second kappa shape index (κ2) is 5.99. The van der Waals surface area contributed by atoms with E-state index in [1.165, 1.54) is 0 Å². The summed E-state index contributed by atoms with van der Waals surface area (Å²) < 4.78 is 5.49. The summed E-state index contributed by atoms with van der Waals surface area (Å²) in [6, 6.07) is 14.2. The number of rotatable bonds is 3. The zero-order chi connectivity index (χ0) is 15.5. The first kappa shape index (κ1) is 14.3. The fraction of sp³-hybridized carbons (Fsp3) is 0.0625. The molecule has 1 amide bonds.